The van der Waals surface area contributed by atoms with Crippen LogP contribution in [0, 0.1) is 5.92 Å². The van der Waals surface area contributed by atoms with Gasteiger partial charge in [0.15, 0.2) is 0 Å². The Morgan fingerprint density at radius 2 is 1.67 bits per heavy atom. The summed E-state index contributed by atoms with van der Waals surface area (Å²) in [4.78, 5) is 31.4. The lowest BCUT2D eigenvalue weighted by molar-refractivity contribution is -0.138. The average Bonchev–Trinajstić information content (AvgIpc) is 2.62. The van der Waals surface area contributed by atoms with Crippen LogP contribution >= 0.6 is 11.6 Å². The summed E-state index contributed by atoms with van der Waals surface area (Å²) in [6, 6.07) is 6.95. The summed E-state index contributed by atoms with van der Waals surface area (Å²) in [6.07, 6.45) is 1.75. The first-order valence-electron chi connectivity index (χ1n) is 8.57. The molecule has 0 bridgehead atoms. The lowest BCUT2D eigenvalue weighted by Crippen LogP contribution is -2.52. The number of carbonyl (C=O) groups excluding carboxylic acids is 2. The van der Waals surface area contributed by atoms with Gasteiger partial charge in [0.25, 0.3) is 5.91 Å². The Morgan fingerprint density at radius 1 is 1.00 bits per heavy atom. The fraction of sp³-hybridized carbons (Fsp3) is 0.556. The molecule has 1 aromatic carbocycles. The predicted molar refractivity (Wildman–Crippen MR) is 94.2 cm³/mol. The molecular formula is C18H24ClN3O2. The maximum absolute atomic E-state index is 12.8. The normalized spacial score (nSPS) is 22.5. The van der Waals surface area contributed by atoms with E-state index in [-0.39, 0.29) is 17.7 Å². The van der Waals surface area contributed by atoms with Gasteiger partial charge < -0.3 is 14.7 Å². The number of benzene rings is 1. The lowest BCUT2D eigenvalue weighted by Gasteiger charge is -2.38. The van der Waals surface area contributed by atoms with E-state index in [1.54, 1.807) is 24.3 Å². The van der Waals surface area contributed by atoms with E-state index in [0.717, 1.165) is 39.0 Å². The van der Waals surface area contributed by atoms with Crippen LogP contribution in [0.2, 0.25) is 5.02 Å². The van der Waals surface area contributed by atoms with Crippen LogP contribution in [-0.2, 0) is 4.79 Å². The maximum atomic E-state index is 12.8. The van der Waals surface area contributed by atoms with Gasteiger partial charge in [-0.3, -0.25) is 9.59 Å². The van der Waals surface area contributed by atoms with E-state index in [0.29, 0.717) is 23.7 Å². The molecule has 0 aliphatic carbocycles. The van der Waals surface area contributed by atoms with Crippen LogP contribution in [0.4, 0.5) is 0 Å². The number of piperazine rings is 1. The third-order valence-corrected chi connectivity index (χ3v) is 5.22. The quantitative estimate of drug-likeness (QED) is 0.820. The Morgan fingerprint density at radius 3 is 2.33 bits per heavy atom. The number of hydrogen-bond donors (Lipinski definition) is 0. The van der Waals surface area contributed by atoms with E-state index >= 15 is 0 Å². The monoisotopic (exact) mass is 349 g/mol. The Balaban J connectivity index is 1.62. The molecule has 1 atom stereocenters. The summed E-state index contributed by atoms with van der Waals surface area (Å²) >= 11 is 5.88. The van der Waals surface area contributed by atoms with Crippen molar-refractivity contribution < 1.29 is 9.59 Å². The van der Waals surface area contributed by atoms with Crippen molar-refractivity contribution in [3.63, 3.8) is 0 Å². The van der Waals surface area contributed by atoms with Gasteiger partial charge in [0.05, 0.1) is 5.92 Å². The summed E-state index contributed by atoms with van der Waals surface area (Å²) < 4.78 is 0. The highest BCUT2D eigenvalue weighted by atomic mass is 35.5. The first kappa shape index (κ1) is 17.2. The zero-order chi connectivity index (χ0) is 17.1. The molecule has 2 aliphatic rings. The van der Waals surface area contributed by atoms with E-state index < -0.39 is 0 Å². The molecule has 2 fully saturated rings. The number of hydrogen-bond acceptors (Lipinski definition) is 3. The van der Waals surface area contributed by atoms with Crippen molar-refractivity contribution in [1.29, 1.82) is 0 Å². The largest absolute Gasteiger partial charge is 0.340 e. The Hall–Kier alpha value is -1.59. The molecule has 0 spiro atoms. The fourth-order valence-electron chi connectivity index (χ4n) is 3.42. The number of piperidine rings is 1. The minimum atomic E-state index is -0.0709. The molecule has 2 saturated heterocycles. The molecule has 24 heavy (non-hydrogen) atoms. The van der Waals surface area contributed by atoms with Gasteiger partial charge in [-0.15, -0.1) is 0 Å². The zero-order valence-corrected chi connectivity index (χ0v) is 14.8. The molecule has 0 aromatic heterocycles. The molecule has 6 heteroatoms. The summed E-state index contributed by atoms with van der Waals surface area (Å²) in [7, 11) is 2.08. The standard InChI is InChI=1S/C18H24ClN3O2/c1-20-9-11-21(12-10-20)18(24)15-3-2-8-22(13-15)17(23)14-4-6-16(19)7-5-14/h4-7,15H,2-3,8-13H2,1H3/t15-/m1/s1. The molecule has 5 nitrogen and oxygen atoms in total. The van der Waals surface area contributed by atoms with Crippen LogP contribution in [-0.4, -0.2) is 72.8 Å². The van der Waals surface area contributed by atoms with Gasteiger partial charge in [0.2, 0.25) is 5.91 Å². The van der Waals surface area contributed by atoms with Crippen LogP contribution in [0.15, 0.2) is 24.3 Å². The second-order valence-electron chi connectivity index (χ2n) is 6.73. The maximum Gasteiger partial charge on any atom is 0.253 e. The van der Waals surface area contributed by atoms with Crippen molar-refractivity contribution >= 4 is 23.4 Å². The average molecular weight is 350 g/mol. The van der Waals surface area contributed by atoms with E-state index in [2.05, 4.69) is 11.9 Å². The van der Waals surface area contributed by atoms with Gasteiger partial charge in [0, 0.05) is 49.9 Å². The number of nitrogens with zero attached hydrogens (tertiary/aromatic N) is 3. The van der Waals surface area contributed by atoms with E-state index in [1.165, 1.54) is 0 Å². The SMILES string of the molecule is CN1CCN(C(=O)[C@@H]2CCCN(C(=O)c3ccc(Cl)cc3)C2)CC1. The highest BCUT2D eigenvalue weighted by Crippen LogP contribution is 2.22. The van der Waals surface area contributed by atoms with Crippen molar-refractivity contribution in [2.24, 2.45) is 5.92 Å². The number of likely N-dealkylation sites (tertiary alicyclic amines) is 1. The van der Waals surface area contributed by atoms with Crippen LogP contribution in [0.1, 0.15) is 23.2 Å². The van der Waals surface area contributed by atoms with Crippen LogP contribution in [0.3, 0.4) is 0 Å². The van der Waals surface area contributed by atoms with Crippen molar-refractivity contribution in [1.82, 2.24) is 14.7 Å². The molecule has 3 rings (SSSR count). The Kier molecular flexibility index (Phi) is 5.41. The van der Waals surface area contributed by atoms with Gasteiger partial charge in [0.1, 0.15) is 0 Å². The minimum absolute atomic E-state index is 0.0115. The van der Waals surface area contributed by atoms with Crippen molar-refractivity contribution in [2.75, 3.05) is 46.3 Å². The summed E-state index contributed by atoms with van der Waals surface area (Å²) in [5, 5.41) is 0.619. The summed E-state index contributed by atoms with van der Waals surface area (Å²) in [5.41, 5.74) is 0.632. The summed E-state index contributed by atoms with van der Waals surface area (Å²) in [6.45, 7) is 4.66. The smallest absolute Gasteiger partial charge is 0.253 e. The van der Waals surface area contributed by atoms with Crippen molar-refractivity contribution in [3.8, 4) is 0 Å². The molecular weight excluding hydrogens is 326 g/mol. The second-order valence-corrected chi connectivity index (χ2v) is 7.16. The molecule has 2 aliphatic heterocycles. The molecule has 130 valence electrons. The van der Waals surface area contributed by atoms with Crippen molar-refractivity contribution in [2.45, 2.75) is 12.8 Å². The molecule has 1 aromatic rings. The van der Waals surface area contributed by atoms with E-state index in [4.69, 9.17) is 11.6 Å². The first-order chi connectivity index (χ1) is 11.5. The number of carbonyl (C=O) groups is 2. The van der Waals surface area contributed by atoms with Gasteiger partial charge in [-0.2, -0.15) is 0 Å². The molecule has 0 N–H and O–H groups in total. The third kappa shape index (κ3) is 3.90. The highest BCUT2D eigenvalue weighted by molar-refractivity contribution is 6.30. The van der Waals surface area contributed by atoms with Gasteiger partial charge in [-0.1, -0.05) is 11.6 Å². The van der Waals surface area contributed by atoms with Gasteiger partial charge in [-0.25, -0.2) is 0 Å². The Labute approximate surface area is 148 Å². The first-order valence-corrected chi connectivity index (χ1v) is 8.94. The van der Waals surface area contributed by atoms with Crippen molar-refractivity contribution in [3.05, 3.63) is 34.9 Å². The Bertz CT molecular complexity index is 597. The fourth-order valence-corrected chi connectivity index (χ4v) is 3.55. The van der Waals surface area contributed by atoms with Gasteiger partial charge >= 0.3 is 0 Å². The van der Waals surface area contributed by atoms with E-state index in [1.807, 2.05) is 9.80 Å². The summed E-state index contributed by atoms with van der Waals surface area (Å²) in [5.74, 6) is 0.123. The molecule has 2 heterocycles. The molecule has 0 radical (unpaired) electrons. The van der Waals surface area contributed by atoms with Crippen LogP contribution in [0.25, 0.3) is 0 Å². The number of likely N-dealkylation sites (N-methyl/N-ethyl adjacent to an activating group) is 1. The zero-order valence-electron chi connectivity index (χ0n) is 14.1. The highest BCUT2D eigenvalue weighted by Gasteiger charge is 2.32. The lowest BCUT2D eigenvalue weighted by atomic mass is 9.95. The topological polar surface area (TPSA) is 43.9 Å². The molecule has 2 amide bonds. The predicted octanol–water partition coefficient (Wildman–Crippen LogP) is 1.97. The molecule has 0 saturated carbocycles. The van der Waals surface area contributed by atoms with E-state index in [9.17, 15) is 9.59 Å². The number of rotatable bonds is 2. The third-order valence-electron chi connectivity index (χ3n) is 4.96. The number of amides is 2. The van der Waals surface area contributed by atoms with Gasteiger partial charge in [-0.05, 0) is 44.2 Å². The minimum Gasteiger partial charge on any atom is -0.340 e. The van der Waals surface area contributed by atoms with Crippen LogP contribution in [0.5, 0.6) is 0 Å². The number of halogens is 1. The molecule has 0 unspecified atom stereocenters. The van der Waals surface area contributed by atoms with Crippen LogP contribution < -0.4 is 0 Å². The second kappa shape index (κ2) is 7.53.